The highest BCUT2D eigenvalue weighted by Gasteiger charge is 2.12. The van der Waals surface area contributed by atoms with Crippen LogP contribution in [0.3, 0.4) is 0 Å². The number of rotatable bonds is 4. The summed E-state index contributed by atoms with van der Waals surface area (Å²) in [7, 11) is 3.29. The highest BCUT2D eigenvalue weighted by Crippen LogP contribution is 2.27. The highest BCUT2D eigenvalue weighted by molar-refractivity contribution is 5.84. The van der Waals surface area contributed by atoms with Crippen molar-refractivity contribution >= 4 is 17.0 Å². The van der Waals surface area contributed by atoms with Gasteiger partial charge in [-0.15, -0.1) is 0 Å². The molecule has 0 radical (unpaired) electrons. The smallest absolute Gasteiger partial charge is 0.201 e. The molecule has 0 spiro atoms. The lowest BCUT2D eigenvalue weighted by Crippen LogP contribution is -2.04. The van der Waals surface area contributed by atoms with E-state index in [1.807, 2.05) is 47.0 Å². The molecule has 1 aromatic heterocycles. The summed E-state index contributed by atoms with van der Waals surface area (Å²) < 4.78 is 12.5. The SMILES string of the molecule is COc1cccc(Cn2c(N)nc3c(OC)cccc32)c1. The molecule has 0 fully saturated rings. The number of nitrogens with zero attached hydrogens (tertiary/aromatic N) is 2. The average molecular weight is 283 g/mol. The van der Waals surface area contributed by atoms with Crippen LogP contribution in [0.2, 0.25) is 0 Å². The van der Waals surface area contributed by atoms with E-state index in [0.717, 1.165) is 28.1 Å². The van der Waals surface area contributed by atoms with Gasteiger partial charge < -0.3 is 19.8 Å². The molecule has 0 aliphatic rings. The van der Waals surface area contributed by atoms with Gasteiger partial charge in [-0.25, -0.2) is 4.98 Å². The predicted octanol–water partition coefficient (Wildman–Crippen LogP) is 2.68. The van der Waals surface area contributed by atoms with E-state index in [4.69, 9.17) is 15.2 Å². The van der Waals surface area contributed by atoms with E-state index in [-0.39, 0.29) is 0 Å². The molecule has 0 amide bonds. The van der Waals surface area contributed by atoms with Crippen LogP contribution < -0.4 is 15.2 Å². The lowest BCUT2D eigenvalue weighted by molar-refractivity contribution is 0.414. The molecule has 108 valence electrons. The van der Waals surface area contributed by atoms with Crippen molar-refractivity contribution in [3.63, 3.8) is 0 Å². The fourth-order valence-corrected chi connectivity index (χ4v) is 2.42. The van der Waals surface area contributed by atoms with Crippen LogP contribution in [-0.4, -0.2) is 23.8 Å². The van der Waals surface area contributed by atoms with Gasteiger partial charge in [0.1, 0.15) is 17.0 Å². The van der Waals surface area contributed by atoms with Crippen molar-refractivity contribution in [2.45, 2.75) is 6.54 Å². The Hall–Kier alpha value is -2.69. The van der Waals surface area contributed by atoms with Crippen molar-refractivity contribution in [2.24, 2.45) is 0 Å². The van der Waals surface area contributed by atoms with Gasteiger partial charge in [0.15, 0.2) is 0 Å². The van der Waals surface area contributed by atoms with E-state index in [2.05, 4.69) is 4.98 Å². The average Bonchev–Trinajstić information content (AvgIpc) is 2.83. The molecule has 0 saturated carbocycles. The number of fused-ring (bicyclic) bond motifs is 1. The molecular formula is C16H17N3O2. The first-order chi connectivity index (χ1) is 10.2. The third-order valence-electron chi connectivity index (χ3n) is 3.47. The van der Waals surface area contributed by atoms with E-state index in [9.17, 15) is 0 Å². The Morgan fingerprint density at radius 1 is 1.10 bits per heavy atom. The summed E-state index contributed by atoms with van der Waals surface area (Å²) in [5.74, 6) is 2.02. The van der Waals surface area contributed by atoms with E-state index in [1.54, 1.807) is 14.2 Å². The Kier molecular flexibility index (Phi) is 3.39. The second kappa shape index (κ2) is 5.36. The molecule has 3 rings (SSSR count). The van der Waals surface area contributed by atoms with E-state index in [1.165, 1.54) is 0 Å². The maximum absolute atomic E-state index is 6.06. The molecule has 1 heterocycles. The Balaban J connectivity index is 2.06. The quantitative estimate of drug-likeness (QED) is 0.799. The Bertz CT molecular complexity index is 780. The van der Waals surface area contributed by atoms with Crippen LogP contribution in [0, 0.1) is 0 Å². The van der Waals surface area contributed by atoms with Gasteiger partial charge in [-0.3, -0.25) is 0 Å². The highest BCUT2D eigenvalue weighted by atomic mass is 16.5. The summed E-state index contributed by atoms with van der Waals surface area (Å²) in [5.41, 5.74) is 8.89. The lowest BCUT2D eigenvalue weighted by atomic mass is 10.2. The van der Waals surface area contributed by atoms with Gasteiger partial charge in [0, 0.05) is 0 Å². The summed E-state index contributed by atoms with van der Waals surface area (Å²) >= 11 is 0. The van der Waals surface area contributed by atoms with E-state index < -0.39 is 0 Å². The molecule has 0 bridgehead atoms. The number of hydrogen-bond donors (Lipinski definition) is 1. The zero-order chi connectivity index (χ0) is 14.8. The van der Waals surface area contributed by atoms with Crippen LogP contribution in [0.15, 0.2) is 42.5 Å². The third kappa shape index (κ3) is 2.38. The maximum atomic E-state index is 6.06. The van der Waals surface area contributed by atoms with Crippen molar-refractivity contribution in [1.82, 2.24) is 9.55 Å². The number of anilines is 1. The summed E-state index contributed by atoms with van der Waals surface area (Å²) in [5, 5.41) is 0. The Labute approximate surface area is 122 Å². The number of nitrogens with two attached hydrogens (primary N) is 1. The van der Waals surface area contributed by atoms with Crippen LogP contribution in [0.4, 0.5) is 5.95 Å². The molecule has 0 saturated heterocycles. The van der Waals surface area contributed by atoms with Gasteiger partial charge in [-0.2, -0.15) is 0 Å². The molecule has 21 heavy (non-hydrogen) atoms. The lowest BCUT2D eigenvalue weighted by Gasteiger charge is -2.08. The monoisotopic (exact) mass is 283 g/mol. The van der Waals surface area contributed by atoms with Gasteiger partial charge in [-0.1, -0.05) is 18.2 Å². The van der Waals surface area contributed by atoms with Crippen molar-refractivity contribution in [1.29, 1.82) is 0 Å². The second-order valence-electron chi connectivity index (χ2n) is 4.74. The number of hydrogen-bond acceptors (Lipinski definition) is 4. The fraction of sp³-hybridized carbons (Fsp3) is 0.188. The summed E-state index contributed by atoms with van der Waals surface area (Å²) in [6.45, 7) is 0.632. The number of methoxy groups -OCH3 is 2. The number of imidazole rings is 1. The Morgan fingerprint density at radius 3 is 2.67 bits per heavy atom. The molecule has 2 N–H and O–H groups in total. The fourth-order valence-electron chi connectivity index (χ4n) is 2.42. The molecular weight excluding hydrogens is 266 g/mol. The third-order valence-corrected chi connectivity index (χ3v) is 3.47. The topological polar surface area (TPSA) is 62.3 Å². The molecule has 3 aromatic rings. The summed E-state index contributed by atoms with van der Waals surface area (Å²) in [6, 6.07) is 13.7. The van der Waals surface area contributed by atoms with E-state index in [0.29, 0.717) is 12.5 Å². The van der Waals surface area contributed by atoms with Crippen molar-refractivity contribution in [3.05, 3.63) is 48.0 Å². The first-order valence-electron chi connectivity index (χ1n) is 6.64. The number of nitrogen functional groups attached to an aromatic ring is 1. The van der Waals surface area contributed by atoms with Gasteiger partial charge in [0.05, 0.1) is 26.3 Å². The van der Waals surface area contributed by atoms with Crippen LogP contribution in [-0.2, 0) is 6.54 Å². The Morgan fingerprint density at radius 2 is 1.90 bits per heavy atom. The van der Waals surface area contributed by atoms with Crippen LogP contribution >= 0.6 is 0 Å². The molecule has 5 heteroatoms. The zero-order valence-electron chi connectivity index (χ0n) is 12.0. The maximum Gasteiger partial charge on any atom is 0.201 e. The van der Waals surface area contributed by atoms with Crippen molar-refractivity contribution in [3.8, 4) is 11.5 Å². The van der Waals surface area contributed by atoms with Crippen molar-refractivity contribution in [2.75, 3.05) is 20.0 Å². The molecule has 2 aromatic carbocycles. The molecule has 0 aliphatic heterocycles. The number of benzene rings is 2. The van der Waals surface area contributed by atoms with Gasteiger partial charge in [-0.05, 0) is 29.8 Å². The standard InChI is InChI=1S/C16H17N3O2/c1-20-12-6-3-5-11(9-12)10-19-13-7-4-8-14(21-2)15(13)18-16(19)17/h3-9H,10H2,1-2H3,(H2,17,18). The van der Waals surface area contributed by atoms with Crippen molar-refractivity contribution < 1.29 is 9.47 Å². The number of para-hydroxylation sites is 1. The van der Waals surface area contributed by atoms with Gasteiger partial charge in [0.2, 0.25) is 5.95 Å². The molecule has 0 atom stereocenters. The summed E-state index contributed by atoms with van der Waals surface area (Å²) in [6.07, 6.45) is 0. The normalized spacial score (nSPS) is 10.8. The first kappa shape index (κ1) is 13.3. The minimum Gasteiger partial charge on any atom is -0.497 e. The predicted molar refractivity (Wildman–Crippen MR) is 82.8 cm³/mol. The largest absolute Gasteiger partial charge is 0.497 e. The van der Waals surface area contributed by atoms with E-state index >= 15 is 0 Å². The number of aromatic nitrogens is 2. The van der Waals surface area contributed by atoms with Crippen LogP contribution in [0.5, 0.6) is 11.5 Å². The van der Waals surface area contributed by atoms with Gasteiger partial charge in [0.25, 0.3) is 0 Å². The van der Waals surface area contributed by atoms with Crippen LogP contribution in [0.1, 0.15) is 5.56 Å². The van der Waals surface area contributed by atoms with Crippen LogP contribution in [0.25, 0.3) is 11.0 Å². The molecule has 5 nitrogen and oxygen atoms in total. The molecule has 0 aliphatic carbocycles. The molecule has 0 unspecified atom stereocenters. The minimum atomic E-state index is 0.470. The zero-order valence-corrected chi connectivity index (χ0v) is 12.0. The minimum absolute atomic E-state index is 0.470. The first-order valence-corrected chi connectivity index (χ1v) is 6.64. The summed E-state index contributed by atoms with van der Waals surface area (Å²) in [4.78, 5) is 4.41. The van der Waals surface area contributed by atoms with Gasteiger partial charge >= 0.3 is 0 Å². The number of ether oxygens (including phenoxy) is 2. The second-order valence-corrected chi connectivity index (χ2v) is 4.74.